The van der Waals surface area contributed by atoms with Crippen LogP contribution in [-0.2, 0) is 16.3 Å². The van der Waals surface area contributed by atoms with Crippen molar-refractivity contribution in [2.45, 2.75) is 19.8 Å². The molecule has 0 radical (unpaired) electrons. The van der Waals surface area contributed by atoms with Gasteiger partial charge in [0.15, 0.2) is 15.7 Å². The third-order valence-corrected chi connectivity index (χ3v) is 8.07. The fourth-order valence-corrected chi connectivity index (χ4v) is 5.79. The summed E-state index contributed by atoms with van der Waals surface area (Å²) in [7, 11) is -2.86. The van der Waals surface area contributed by atoms with Gasteiger partial charge in [-0.2, -0.15) is 4.98 Å². The summed E-state index contributed by atoms with van der Waals surface area (Å²) in [6.07, 6.45) is 5.09. The summed E-state index contributed by atoms with van der Waals surface area (Å²) in [5.74, 6) is 1.76. The zero-order valence-electron chi connectivity index (χ0n) is 20.7. The highest BCUT2D eigenvalue weighted by atomic mass is 32.2. The van der Waals surface area contributed by atoms with Gasteiger partial charge < -0.3 is 20.3 Å². The van der Waals surface area contributed by atoms with Gasteiger partial charge in [-0.3, -0.25) is 0 Å². The van der Waals surface area contributed by atoms with E-state index in [1.165, 1.54) is 0 Å². The monoisotopic (exact) mass is 523 g/mol. The Morgan fingerprint density at radius 1 is 1.11 bits per heavy atom. The van der Waals surface area contributed by atoms with Crippen LogP contribution in [0.4, 0.5) is 27.5 Å². The molecule has 8 nitrogen and oxygen atoms in total. The van der Waals surface area contributed by atoms with Crippen molar-refractivity contribution in [3.63, 3.8) is 0 Å². The maximum absolute atomic E-state index is 15.0. The molecule has 0 atom stereocenters. The molecule has 37 heavy (non-hydrogen) atoms. The van der Waals surface area contributed by atoms with Crippen molar-refractivity contribution in [1.82, 2.24) is 14.9 Å². The molecule has 2 N–H and O–H groups in total. The van der Waals surface area contributed by atoms with E-state index in [9.17, 15) is 12.8 Å². The minimum Gasteiger partial charge on any atom is -0.493 e. The number of aromatic nitrogens is 2. The highest BCUT2D eigenvalue weighted by Gasteiger charge is 2.21. The second kappa shape index (κ2) is 10.9. The van der Waals surface area contributed by atoms with Crippen LogP contribution in [0, 0.1) is 5.82 Å². The van der Waals surface area contributed by atoms with Crippen molar-refractivity contribution in [2.24, 2.45) is 0 Å². The number of anilines is 4. The molecule has 0 bridgehead atoms. The lowest BCUT2D eigenvalue weighted by atomic mass is 10.1. The Kier molecular flexibility index (Phi) is 7.38. The highest BCUT2D eigenvalue weighted by Crippen LogP contribution is 2.32. The number of nitrogens with zero attached hydrogens (tertiary/aromatic N) is 3. The molecular formula is C27H30FN5O3S. The van der Waals surface area contributed by atoms with Crippen molar-refractivity contribution < 1.29 is 17.5 Å². The number of allylic oxidation sites excluding steroid dienone is 1. The van der Waals surface area contributed by atoms with E-state index in [1.54, 1.807) is 18.3 Å². The SMILES string of the molecule is CC1=Cc2c(ccc(Nc3ccnc(Nc4cccc(OCCCN5CCS(=O)(=O)CC5)c4)n3)c2F)C1. The van der Waals surface area contributed by atoms with E-state index in [2.05, 4.69) is 25.5 Å². The van der Waals surface area contributed by atoms with Crippen LogP contribution in [0.5, 0.6) is 5.75 Å². The summed E-state index contributed by atoms with van der Waals surface area (Å²) < 4.78 is 44.0. The van der Waals surface area contributed by atoms with Crippen molar-refractivity contribution >= 4 is 39.1 Å². The standard InChI is InChI=1S/C27H30FN5O3S/c1-19-16-20-6-7-24(26(28)23(20)17-19)31-25-8-9-29-27(32-25)30-21-4-2-5-22(18-21)36-13-3-10-33-11-14-37(34,35)15-12-33/h2,4-9,17-18H,3,10-16H2,1H3,(H2,29,30,31,32). The Balaban J connectivity index is 1.15. The van der Waals surface area contributed by atoms with E-state index in [4.69, 9.17) is 4.74 Å². The quantitative estimate of drug-likeness (QED) is 0.394. The number of ether oxygens (including phenoxy) is 1. The van der Waals surface area contributed by atoms with E-state index >= 15 is 0 Å². The molecule has 0 spiro atoms. The first-order valence-corrected chi connectivity index (χ1v) is 14.2. The Bertz CT molecular complexity index is 1410. The predicted octanol–water partition coefficient (Wildman–Crippen LogP) is 4.56. The molecule has 1 fully saturated rings. The molecule has 5 rings (SSSR count). The van der Waals surface area contributed by atoms with Crippen LogP contribution in [0.1, 0.15) is 24.5 Å². The molecule has 3 aromatic rings. The Morgan fingerprint density at radius 3 is 2.78 bits per heavy atom. The van der Waals surface area contributed by atoms with Gasteiger partial charge in [-0.15, -0.1) is 0 Å². The van der Waals surface area contributed by atoms with Gasteiger partial charge >= 0.3 is 0 Å². The van der Waals surface area contributed by atoms with Crippen molar-refractivity contribution in [2.75, 3.05) is 48.4 Å². The fraction of sp³-hybridized carbons (Fsp3) is 0.333. The van der Waals surface area contributed by atoms with Crippen LogP contribution >= 0.6 is 0 Å². The van der Waals surface area contributed by atoms with E-state index in [0.29, 0.717) is 48.5 Å². The smallest absolute Gasteiger partial charge is 0.229 e. The lowest BCUT2D eigenvalue weighted by Crippen LogP contribution is -2.40. The predicted molar refractivity (Wildman–Crippen MR) is 144 cm³/mol. The molecule has 1 aliphatic carbocycles. The Morgan fingerprint density at radius 2 is 1.95 bits per heavy atom. The third kappa shape index (κ3) is 6.44. The molecule has 0 saturated carbocycles. The molecule has 194 valence electrons. The fourth-order valence-electron chi connectivity index (χ4n) is 4.51. The second-order valence-corrected chi connectivity index (χ2v) is 11.7. The van der Waals surface area contributed by atoms with Gasteiger partial charge in [-0.05, 0) is 49.6 Å². The first kappa shape index (κ1) is 25.2. The zero-order valence-corrected chi connectivity index (χ0v) is 21.5. The lowest BCUT2D eigenvalue weighted by molar-refractivity contribution is 0.246. The van der Waals surface area contributed by atoms with Crippen LogP contribution in [0.25, 0.3) is 6.08 Å². The summed E-state index contributed by atoms with van der Waals surface area (Å²) in [5, 5.41) is 6.23. The molecule has 0 amide bonds. The molecule has 1 saturated heterocycles. The highest BCUT2D eigenvalue weighted by molar-refractivity contribution is 7.91. The van der Waals surface area contributed by atoms with Crippen LogP contribution in [0.3, 0.4) is 0 Å². The number of benzene rings is 2. The molecule has 1 aliphatic heterocycles. The molecule has 0 unspecified atom stereocenters. The third-order valence-electron chi connectivity index (χ3n) is 6.46. The first-order chi connectivity index (χ1) is 17.8. The van der Waals surface area contributed by atoms with E-state index < -0.39 is 9.84 Å². The summed E-state index contributed by atoms with van der Waals surface area (Å²) in [6, 6.07) is 12.9. The number of rotatable bonds is 9. The maximum Gasteiger partial charge on any atom is 0.229 e. The number of hydrogen-bond acceptors (Lipinski definition) is 8. The number of sulfone groups is 1. The average molecular weight is 524 g/mol. The number of hydrogen-bond donors (Lipinski definition) is 2. The van der Waals surface area contributed by atoms with Gasteiger partial charge in [0.25, 0.3) is 0 Å². The van der Waals surface area contributed by atoms with Crippen LogP contribution < -0.4 is 15.4 Å². The minimum absolute atomic E-state index is 0.236. The number of halogens is 1. The molecule has 2 heterocycles. The largest absolute Gasteiger partial charge is 0.493 e. The first-order valence-electron chi connectivity index (χ1n) is 12.4. The molecule has 2 aromatic carbocycles. The van der Waals surface area contributed by atoms with Crippen molar-refractivity contribution in [1.29, 1.82) is 0 Å². The zero-order chi connectivity index (χ0) is 25.8. The summed E-state index contributed by atoms with van der Waals surface area (Å²) in [5.41, 5.74) is 3.91. The second-order valence-electron chi connectivity index (χ2n) is 9.41. The van der Waals surface area contributed by atoms with Gasteiger partial charge in [0.05, 0.1) is 23.8 Å². The summed E-state index contributed by atoms with van der Waals surface area (Å²) >= 11 is 0. The topological polar surface area (TPSA) is 96.5 Å². The summed E-state index contributed by atoms with van der Waals surface area (Å²) in [6.45, 7) is 4.52. The van der Waals surface area contributed by atoms with Crippen LogP contribution in [-0.4, -0.2) is 61.0 Å². The van der Waals surface area contributed by atoms with Crippen molar-refractivity contribution in [3.8, 4) is 5.75 Å². The van der Waals surface area contributed by atoms with Gasteiger partial charge in [-0.1, -0.05) is 23.8 Å². The van der Waals surface area contributed by atoms with E-state index in [0.717, 1.165) is 36.2 Å². The molecular weight excluding hydrogens is 493 g/mol. The molecule has 10 heteroatoms. The van der Waals surface area contributed by atoms with Crippen LogP contribution in [0.15, 0.2) is 54.2 Å². The molecule has 1 aromatic heterocycles. The maximum atomic E-state index is 15.0. The minimum atomic E-state index is -2.86. The van der Waals surface area contributed by atoms with Crippen LogP contribution in [0.2, 0.25) is 0 Å². The molecule has 2 aliphatic rings. The van der Waals surface area contributed by atoms with E-state index in [-0.39, 0.29) is 17.3 Å². The summed E-state index contributed by atoms with van der Waals surface area (Å²) in [4.78, 5) is 10.9. The normalized spacial score (nSPS) is 16.6. The van der Waals surface area contributed by atoms with Crippen molar-refractivity contribution in [3.05, 3.63) is 71.2 Å². The number of fused-ring (bicyclic) bond motifs is 1. The van der Waals surface area contributed by atoms with Gasteiger partial charge in [0.1, 0.15) is 11.6 Å². The van der Waals surface area contributed by atoms with E-state index in [1.807, 2.05) is 43.3 Å². The van der Waals surface area contributed by atoms with Gasteiger partial charge in [0, 0.05) is 43.1 Å². The lowest BCUT2D eigenvalue weighted by Gasteiger charge is -2.26. The number of nitrogens with one attached hydrogen (secondary N) is 2. The Hall–Kier alpha value is -3.50. The Labute approximate surface area is 216 Å². The average Bonchev–Trinajstić information content (AvgIpc) is 3.26. The van der Waals surface area contributed by atoms with Gasteiger partial charge in [0.2, 0.25) is 5.95 Å². The van der Waals surface area contributed by atoms with Gasteiger partial charge in [-0.25, -0.2) is 17.8 Å².